The van der Waals surface area contributed by atoms with E-state index in [2.05, 4.69) is 90.1 Å². The van der Waals surface area contributed by atoms with E-state index in [9.17, 15) is 0 Å². The molecule has 2 aromatic rings. The smallest absolute Gasteiger partial charge is 0.0583 e. The number of benzene rings is 2. The zero-order valence-corrected chi connectivity index (χ0v) is 21.7. The summed E-state index contributed by atoms with van der Waals surface area (Å²) in [6, 6.07) is 19.0. The summed E-state index contributed by atoms with van der Waals surface area (Å²) in [7, 11) is -1.54. The van der Waals surface area contributed by atoms with Crippen molar-refractivity contribution in [2.75, 3.05) is 37.0 Å². The third kappa shape index (κ3) is 6.64. The van der Waals surface area contributed by atoms with Crippen molar-refractivity contribution in [2.45, 2.75) is 60.3 Å². The molecule has 0 aromatic heterocycles. The minimum Gasteiger partial charge on any atom is -0.0583 e. The molecule has 0 aliphatic carbocycles. The monoisotopic (exact) mass is 430 g/mol. The van der Waals surface area contributed by atoms with E-state index in [0.717, 1.165) is 6.42 Å². The Bertz CT molecular complexity index is 627. The first-order valence-corrected chi connectivity index (χ1v) is 16.9. The van der Waals surface area contributed by atoms with Crippen molar-refractivity contribution in [3.63, 3.8) is 0 Å². The first-order valence-electron chi connectivity index (χ1n) is 11.8. The highest BCUT2D eigenvalue weighted by Gasteiger charge is 2.32. The highest BCUT2D eigenvalue weighted by atomic mass is 31.2. The van der Waals surface area contributed by atoms with Crippen molar-refractivity contribution in [3.8, 4) is 0 Å². The maximum Gasteiger partial charge on any atom is 0.0842 e. The van der Waals surface area contributed by atoms with Gasteiger partial charge in [-0.05, 0) is 70.2 Å². The Hall–Kier alpha value is -0.700. The summed E-state index contributed by atoms with van der Waals surface area (Å²) >= 11 is 0. The van der Waals surface area contributed by atoms with Gasteiger partial charge < -0.3 is 0 Å². The fourth-order valence-corrected chi connectivity index (χ4v) is 10.5. The normalized spacial score (nSPS) is 12.3. The van der Waals surface area contributed by atoms with Crippen molar-refractivity contribution in [3.05, 3.63) is 70.8 Å². The molecule has 0 spiro atoms. The molecule has 0 radical (unpaired) electrons. The average Bonchev–Trinajstić information content (AvgIpc) is 2.78. The van der Waals surface area contributed by atoms with E-state index < -0.39 is 14.5 Å². The molecule has 2 heteroatoms. The van der Waals surface area contributed by atoms with Gasteiger partial charge in [0.1, 0.15) is 0 Å². The first-order chi connectivity index (χ1) is 14.0. The van der Waals surface area contributed by atoms with Crippen LogP contribution < -0.4 is 0 Å². The Balaban J connectivity index is 2.02. The SMILES string of the molecule is CC[P+](CC)(CC)Cc1ccc(Cc2ccc(C[P+](CC)(CC)CC)cc2)cc1. The molecule has 0 aliphatic heterocycles. The molecular weight excluding hydrogens is 386 g/mol. The lowest BCUT2D eigenvalue weighted by Gasteiger charge is -2.24. The highest BCUT2D eigenvalue weighted by molar-refractivity contribution is 7.75. The molecule has 2 aromatic carbocycles. The van der Waals surface area contributed by atoms with E-state index in [0.29, 0.717) is 0 Å². The second kappa shape index (κ2) is 11.6. The molecule has 29 heavy (non-hydrogen) atoms. The van der Waals surface area contributed by atoms with Gasteiger partial charge in [0.15, 0.2) is 0 Å². The summed E-state index contributed by atoms with van der Waals surface area (Å²) in [5, 5.41) is 0. The van der Waals surface area contributed by atoms with Crippen LogP contribution in [0.25, 0.3) is 0 Å². The third-order valence-electron chi connectivity index (χ3n) is 7.52. The van der Waals surface area contributed by atoms with Crippen LogP contribution in [0.1, 0.15) is 63.8 Å². The zero-order valence-electron chi connectivity index (χ0n) is 19.9. The largest absolute Gasteiger partial charge is 0.0842 e. The topological polar surface area (TPSA) is 0 Å². The molecule has 0 amide bonds. The molecule has 0 saturated carbocycles. The summed E-state index contributed by atoms with van der Waals surface area (Å²) in [6.45, 7) is 14.4. The molecule has 0 heterocycles. The molecule has 0 nitrogen and oxygen atoms in total. The molecule has 0 atom stereocenters. The molecular formula is C27H44P2+2. The van der Waals surface area contributed by atoms with Gasteiger partial charge in [0.2, 0.25) is 0 Å². The predicted octanol–water partition coefficient (Wildman–Crippen LogP) is 8.43. The standard InChI is InChI=1S/C27H44P2/c1-7-28(8-2,9-3)22-26-17-13-24(14-18-26)21-25-15-19-27(20-16-25)23-29(10-4,11-5)12-6/h13-20H,7-12,21-23H2,1-6H3/q+2. The van der Waals surface area contributed by atoms with Crippen molar-refractivity contribution in [2.24, 2.45) is 0 Å². The fourth-order valence-electron chi connectivity index (χ4n) is 4.55. The minimum atomic E-state index is -0.771. The summed E-state index contributed by atoms with van der Waals surface area (Å²) in [6.07, 6.45) is 12.0. The van der Waals surface area contributed by atoms with Crippen LogP contribution in [0.4, 0.5) is 0 Å². The van der Waals surface area contributed by atoms with Gasteiger partial charge >= 0.3 is 0 Å². The lowest BCUT2D eigenvalue weighted by molar-refractivity contribution is 1.16. The molecule has 160 valence electrons. The Labute approximate surface area is 182 Å². The van der Waals surface area contributed by atoms with Crippen LogP contribution in [0.3, 0.4) is 0 Å². The maximum absolute atomic E-state index is 2.40. The number of hydrogen-bond donors (Lipinski definition) is 0. The number of rotatable bonds is 12. The van der Waals surface area contributed by atoms with Crippen molar-refractivity contribution >= 4 is 14.5 Å². The van der Waals surface area contributed by atoms with Gasteiger partial charge in [-0.3, -0.25) is 0 Å². The summed E-state index contributed by atoms with van der Waals surface area (Å²) in [5.74, 6) is 0. The van der Waals surface area contributed by atoms with Crippen LogP contribution in [-0.2, 0) is 18.7 Å². The van der Waals surface area contributed by atoms with Crippen LogP contribution in [-0.4, -0.2) is 37.0 Å². The van der Waals surface area contributed by atoms with Crippen molar-refractivity contribution in [1.82, 2.24) is 0 Å². The van der Waals surface area contributed by atoms with E-state index in [4.69, 9.17) is 0 Å². The Morgan fingerprint density at radius 3 is 0.897 bits per heavy atom. The van der Waals surface area contributed by atoms with Crippen LogP contribution in [0.2, 0.25) is 0 Å². The predicted molar refractivity (Wildman–Crippen MR) is 140 cm³/mol. The Morgan fingerprint density at radius 1 is 0.414 bits per heavy atom. The van der Waals surface area contributed by atoms with Crippen LogP contribution in [0.15, 0.2) is 48.5 Å². The van der Waals surface area contributed by atoms with Crippen molar-refractivity contribution < 1.29 is 0 Å². The zero-order chi connectivity index (χ0) is 21.3. The maximum atomic E-state index is 2.40. The highest BCUT2D eigenvalue weighted by Crippen LogP contribution is 2.61. The molecule has 0 saturated heterocycles. The van der Waals surface area contributed by atoms with Gasteiger partial charge in [-0.15, -0.1) is 0 Å². The quantitative estimate of drug-likeness (QED) is 0.296. The minimum absolute atomic E-state index is 0.771. The first kappa shape index (κ1) is 24.6. The van der Waals surface area contributed by atoms with Gasteiger partial charge in [-0.25, -0.2) is 0 Å². The van der Waals surface area contributed by atoms with E-state index in [-0.39, 0.29) is 0 Å². The second-order valence-electron chi connectivity index (χ2n) is 8.71. The molecule has 0 unspecified atom stereocenters. The van der Waals surface area contributed by atoms with Gasteiger partial charge in [0.25, 0.3) is 0 Å². The molecule has 0 bridgehead atoms. The van der Waals surface area contributed by atoms with Gasteiger partial charge in [0, 0.05) is 14.5 Å². The van der Waals surface area contributed by atoms with Crippen molar-refractivity contribution in [1.29, 1.82) is 0 Å². The second-order valence-corrected chi connectivity index (χ2v) is 18.5. The van der Waals surface area contributed by atoms with Crippen LogP contribution >= 0.6 is 14.5 Å². The molecule has 0 aliphatic rings. The van der Waals surface area contributed by atoms with E-state index in [1.807, 2.05) is 0 Å². The Kier molecular flexibility index (Phi) is 9.85. The van der Waals surface area contributed by atoms with Gasteiger partial charge in [0.05, 0.1) is 49.3 Å². The molecule has 0 N–H and O–H groups in total. The summed E-state index contributed by atoms with van der Waals surface area (Å²) < 4.78 is 0. The Morgan fingerprint density at radius 2 is 0.655 bits per heavy atom. The van der Waals surface area contributed by atoms with Gasteiger partial charge in [-0.1, -0.05) is 48.5 Å². The van der Waals surface area contributed by atoms with Crippen LogP contribution in [0.5, 0.6) is 0 Å². The summed E-state index contributed by atoms with van der Waals surface area (Å²) in [4.78, 5) is 0. The third-order valence-corrected chi connectivity index (χ3v) is 17.6. The average molecular weight is 431 g/mol. The summed E-state index contributed by atoms with van der Waals surface area (Å²) in [5.41, 5.74) is 5.96. The van der Waals surface area contributed by atoms with E-state index in [1.165, 1.54) is 60.4 Å². The van der Waals surface area contributed by atoms with Gasteiger partial charge in [-0.2, -0.15) is 0 Å². The fraction of sp³-hybridized carbons (Fsp3) is 0.556. The van der Waals surface area contributed by atoms with Crippen LogP contribution in [0, 0.1) is 0 Å². The molecule has 0 fully saturated rings. The van der Waals surface area contributed by atoms with E-state index >= 15 is 0 Å². The van der Waals surface area contributed by atoms with E-state index in [1.54, 1.807) is 11.1 Å². The number of hydrogen-bond acceptors (Lipinski definition) is 0. The lowest BCUT2D eigenvalue weighted by Crippen LogP contribution is -2.06. The lowest BCUT2D eigenvalue weighted by atomic mass is 10.0. The molecule has 2 rings (SSSR count).